The van der Waals surface area contributed by atoms with Crippen molar-refractivity contribution >= 4 is 23.5 Å². The van der Waals surface area contributed by atoms with Gasteiger partial charge in [0, 0.05) is 25.6 Å². The van der Waals surface area contributed by atoms with Gasteiger partial charge in [-0.05, 0) is 66.0 Å². The SMILES string of the molecule is Cc1ccccc1-c1ccc(C[C@H](NC(=O)C2CCCN(c3ncnc(NC4Cc5ccccc5C4)c3F)C2)C(=O)O)cc1. The molecule has 1 saturated heterocycles. The van der Waals surface area contributed by atoms with Crippen LogP contribution in [-0.2, 0) is 28.9 Å². The third-order valence-corrected chi connectivity index (χ3v) is 8.72. The molecule has 9 heteroatoms. The molecule has 1 aliphatic carbocycles. The Morgan fingerprint density at radius 1 is 1.00 bits per heavy atom. The van der Waals surface area contributed by atoms with E-state index in [2.05, 4.69) is 51.8 Å². The van der Waals surface area contributed by atoms with Crippen molar-refractivity contribution in [1.29, 1.82) is 0 Å². The van der Waals surface area contributed by atoms with Crippen LogP contribution in [0.2, 0.25) is 0 Å². The molecule has 1 aromatic heterocycles. The van der Waals surface area contributed by atoms with Crippen molar-refractivity contribution in [2.75, 3.05) is 23.3 Å². The Hall–Kier alpha value is -4.79. The number of amides is 1. The van der Waals surface area contributed by atoms with E-state index in [1.165, 1.54) is 17.5 Å². The monoisotopic (exact) mass is 593 g/mol. The number of carbonyl (C=O) groups is 2. The number of carbonyl (C=O) groups excluding carboxylic acids is 1. The highest BCUT2D eigenvalue weighted by molar-refractivity contribution is 5.85. The van der Waals surface area contributed by atoms with Gasteiger partial charge in [-0.1, -0.05) is 72.8 Å². The molecule has 8 nitrogen and oxygen atoms in total. The number of anilines is 2. The van der Waals surface area contributed by atoms with E-state index in [0.29, 0.717) is 19.4 Å². The molecule has 3 aromatic carbocycles. The number of hydrogen-bond donors (Lipinski definition) is 3. The zero-order valence-corrected chi connectivity index (χ0v) is 24.7. The maximum Gasteiger partial charge on any atom is 0.326 e. The Balaban J connectivity index is 1.09. The summed E-state index contributed by atoms with van der Waals surface area (Å²) in [6.07, 6.45) is 4.33. The number of aryl methyl sites for hydroxylation is 1. The molecule has 2 atom stereocenters. The molecule has 0 radical (unpaired) electrons. The minimum Gasteiger partial charge on any atom is -0.480 e. The predicted octanol–water partition coefficient (Wildman–Crippen LogP) is 5.20. The molecule has 44 heavy (non-hydrogen) atoms. The van der Waals surface area contributed by atoms with Gasteiger partial charge in [-0.2, -0.15) is 4.39 Å². The Morgan fingerprint density at radius 3 is 2.41 bits per heavy atom. The van der Waals surface area contributed by atoms with E-state index in [1.807, 2.05) is 48.5 Å². The second-order valence-electron chi connectivity index (χ2n) is 11.8. The van der Waals surface area contributed by atoms with Crippen molar-refractivity contribution in [2.45, 2.75) is 51.1 Å². The molecule has 0 spiro atoms. The van der Waals surface area contributed by atoms with E-state index in [-0.39, 0.29) is 36.6 Å². The highest BCUT2D eigenvalue weighted by Gasteiger charge is 2.32. The Labute approximate surface area is 256 Å². The fraction of sp³-hybridized carbons (Fsp3) is 0.314. The van der Waals surface area contributed by atoms with Crippen molar-refractivity contribution < 1.29 is 19.1 Å². The minimum atomic E-state index is -1.10. The zero-order chi connectivity index (χ0) is 30.6. The van der Waals surface area contributed by atoms with Gasteiger partial charge in [-0.25, -0.2) is 14.8 Å². The van der Waals surface area contributed by atoms with Crippen LogP contribution in [0.1, 0.15) is 35.1 Å². The summed E-state index contributed by atoms with van der Waals surface area (Å²) in [5, 5.41) is 15.9. The number of aliphatic carboxylic acids is 1. The average molecular weight is 594 g/mol. The number of aromatic nitrogens is 2. The minimum absolute atomic E-state index is 0.0381. The first-order chi connectivity index (χ1) is 21.4. The van der Waals surface area contributed by atoms with Gasteiger partial charge >= 0.3 is 5.97 Å². The lowest BCUT2D eigenvalue weighted by molar-refractivity contribution is -0.142. The third kappa shape index (κ3) is 6.41. The maximum absolute atomic E-state index is 15.7. The van der Waals surface area contributed by atoms with Crippen LogP contribution in [0.4, 0.5) is 16.0 Å². The number of nitrogens with one attached hydrogen (secondary N) is 2. The highest BCUT2D eigenvalue weighted by atomic mass is 19.1. The Morgan fingerprint density at radius 2 is 1.70 bits per heavy atom. The number of carboxylic acid groups (broad SMARTS) is 1. The molecule has 1 amide bonds. The lowest BCUT2D eigenvalue weighted by Crippen LogP contribution is -2.49. The molecule has 6 rings (SSSR count). The molecule has 226 valence electrons. The smallest absolute Gasteiger partial charge is 0.326 e. The van der Waals surface area contributed by atoms with Crippen molar-refractivity contribution in [3.8, 4) is 11.1 Å². The Bertz CT molecular complexity index is 1640. The van der Waals surface area contributed by atoms with Gasteiger partial charge in [0.25, 0.3) is 0 Å². The van der Waals surface area contributed by atoms with E-state index < -0.39 is 23.7 Å². The first kappa shape index (κ1) is 29.3. The number of nitrogens with zero attached hydrogens (tertiary/aromatic N) is 3. The number of benzene rings is 3. The molecule has 3 N–H and O–H groups in total. The highest BCUT2D eigenvalue weighted by Crippen LogP contribution is 2.30. The van der Waals surface area contributed by atoms with E-state index in [9.17, 15) is 14.7 Å². The van der Waals surface area contributed by atoms with Crippen LogP contribution in [0.25, 0.3) is 11.1 Å². The van der Waals surface area contributed by atoms with Gasteiger partial charge in [0.05, 0.1) is 5.92 Å². The average Bonchev–Trinajstić information content (AvgIpc) is 3.45. The van der Waals surface area contributed by atoms with Crippen LogP contribution in [0.3, 0.4) is 0 Å². The first-order valence-corrected chi connectivity index (χ1v) is 15.1. The fourth-order valence-electron chi connectivity index (χ4n) is 6.36. The number of carboxylic acids is 1. The van der Waals surface area contributed by atoms with Gasteiger partial charge in [-0.15, -0.1) is 0 Å². The number of piperidine rings is 1. The van der Waals surface area contributed by atoms with Gasteiger partial charge in [-0.3, -0.25) is 4.79 Å². The third-order valence-electron chi connectivity index (χ3n) is 8.72. The largest absolute Gasteiger partial charge is 0.480 e. The zero-order valence-electron chi connectivity index (χ0n) is 24.7. The fourth-order valence-corrected chi connectivity index (χ4v) is 6.36. The molecule has 2 aliphatic rings. The lowest BCUT2D eigenvalue weighted by Gasteiger charge is -2.33. The second kappa shape index (κ2) is 12.8. The standard InChI is InChI=1S/C35H36FN5O3/c1-22-7-2-5-11-29(22)24-14-12-23(13-15-24)17-30(35(43)44)40-34(42)27-10-6-16-41(20-27)33-31(36)32(37-21-38-33)39-28-18-25-8-3-4-9-26(25)19-28/h2-5,7-9,11-15,21,27-28,30H,6,10,16-20H2,1H3,(H,40,42)(H,43,44)(H,37,38,39)/t27?,30-/m0/s1. The molecule has 1 unspecified atom stereocenters. The van der Waals surface area contributed by atoms with Crippen LogP contribution in [0.5, 0.6) is 0 Å². The van der Waals surface area contributed by atoms with Crippen LogP contribution < -0.4 is 15.5 Å². The normalized spacial score (nSPS) is 17.1. The van der Waals surface area contributed by atoms with Crippen LogP contribution in [0, 0.1) is 18.7 Å². The van der Waals surface area contributed by atoms with Crippen molar-refractivity contribution in [3.63, 3.8) is 0 Å². The molecular weight excluding hydrogens is 557 g/mol. The first-order valence-electron chi connectivity index (χ1n) is 15.1. The van der Waals surface area contributed by atoms with E-state index in [4.69, 9.17) is 0 Å². The summed E-state index contributed by atoms with van der Waals surface area (Å²) in [5.41, 5.74) is 6.65. The van der Waals surface area contributed by atoms with Crippen LogP contribution in [-0.4, -0.2) is 52.1 Å². The maximum atomic E-state index is 15.7. The van der Waals surface area contributed by atoms with Gasteiger partial charge in [0.1, 0.15) is 12.4 Å². The van der Waals surface area contributed by atoms with E-state index in [1.54, 1.807) is 4.90 Å². The molecule has 1 fully saturated rings. The molecule has 0 bridgehead atoms. The summed E-state index contributed by atoms with van der Waals surface area (Å²) in [6.45, 7) is 2.84. The van der Waals surface area contributed by atoms with Crippen molar-refractivity contribution in [2.24, 2.45) is 5.92 Å². The topological polar surface area (TPSA) is 107 Å². The van der Waals surface area contributed by atoms with Gasteiger partial charge in [0.2, 0.25) is 11.7 Å². The molecule has 2 heterocycles. The van der Waals surface area contributed by atoms with E-state index in [0.717, 1.165) is 35.1 Å². The van der Waals surface area contributed by atoms with Gasteiger partial charge < -0.3 is 20.6 Å². The van der Waals surface area contributed by atoms with Crippen molar-refractivity contribution in [1.82, 2.24) is 15.3 Å². The Kier molecular flexibility index (Phi) is 8.54. The van der Waals surface area contributed by atoms with Crippen molar-refractivity contribution in [3.05, 3.63) is 107 Å². The number of halogens is 1. The summed E-state index contributed by atoms with van der Waals surface area (Å²) in [5.74, 6) is -2.18. The van der Waals surface area contributed by atoms with Crippen LogP contribution in [0.15, 0.2) is 79.1 Å². The molecule has 4 aromatic rings. The predicted molar refractivity (Wildman–Crippen MR) is 168 cm³/mol. The molecule has 1 aliphatic heterocycles. The van der Waals surface area contributed by atoms with Crippen LogP contribution >= 0.6 is 0 Å². The molecular formula is C35H36FN5O3. The number of fused-ring (bicyclic) bond motifs is 1. The summed E-state index contributed by atoms with van der Waals surface area (Å²) in [6, 6.07) is 23.0. The quantitative estimate of drug-likeness (QED) is 0.245. The molecule has 0 saturated carbocycles. The number of rotatable bonds is 9. The summed E-state index contributed by atoms with van der Waals surface area (Å²) in [7, 11) is 0. The summed E-state index contributed by atoms with van der Waals surface area (Å²) < 4.78 is 15.7. The van der Waals surface area contributed by atoms with E-state index >= 15 is 4.39 Å². The number of hydrogen-bond acceptors (Lipinski definition) is 6. The summed E-state index contributed by atoms with van der Waals surface area (Å²) in [4.78, 5) is 35.6. The summed E-state index contributed by atoms with van der Waals surface area (Å²) >= 11 is 0. The lowest BCUT2D eigenvalue weighted by atomic mass is 9.95. The van der Waals surface area contributed by atoms with Gasteiger partial charge in [0.15, 0.2) is 11.6 Å². The second-order valence-corrected chi connectivity index (χ2v) is 11.8.